The lowest BCUT2D eigenvalue weighted by Crippen LogP contribution is -2.38. The quantitative estimate of drug-likeness (QED) is 0.452. The minimum Gasteiger partial charge on any atom is -0.0845 e. The molecule has 1 fully saturated rings. The summed E-state index contributed by atoms with van der Waals surface area (Å²) in [4.78, 5) is 0. The van der Waals surface area contributed by atoms with Crippen LogP contribution in [0.15, 0.2) is 12.2 Å². The van der Waals surface area contributed by atoms with Crippen molar-refractivity contribution < 1.29 is 0 Å². The summed E-state index contributed by atoms with van der Waals surface area (Å²) in [5, 5.41) is 0. The molecule has 0 radical (unpaired) electrons. The van der Waals surface area contributed by atoms with Crippen LogP contribution >= 0.6 is 0 Å². The highest BCUT2D eigenvalue weighted by molar-refractivity contribution is 5.17. The number of hydrogen-bond donors (Lipinski definition) is 0. The number of hydrogen-bond acceptors (Lipinski definition) is 0. The van der Waals surface area contributed by atoms with Gasteiger partial charge in [0.15, 0.2) is 0 Å². The maximum absolute atomic E-state index is 2.38. The summed E-state index contributed by atoms with van der Waals surface area (Å²) in [5.74, 6) is 3.09. The van der Waals surface area contributed by atoms with Crippen LogP contribution in [0.2, 0.25) is 0 Å². The zero-order chi connectivity index (χ0) is 5.56. The lowest BCUT2D eigenvalue weighted by atomic mass is 9.58. The Morgan fingerprint density at radius 2 is 2.38 bits per heavy atom. The van der Waals surface area contributed by atoms with Crippen molar-refractivity contribution in [1.82, 2.24) is 0 Å². The van der Waals surface area contributed by atoms with Crippen molar-refractivity contribution in [2.24, 2.45) is 17.8 Å². The van der Waals surface area contributed by atoms with Crippen LogP contribution in [0.4, 0.5) is 0 Å². The third kappa shape index (κ3) is 0.367. The van der Waals surface area contributed by atoms with Crippen LogP contribution in [-0.4, -0.2) is 0 Å². The van der Waals surface area contributed by atoms with E-state index >= 15 is 0 Å². The lowest BCUT2D eigenvalue weighted by Gasteiger charge is -2.47. The fraction of sp³-hybridized carbons (Fsp3) is 0.750. The highest BCUT2D eigenvalue weighted by Gasteiger charge is 2.40. The van der Waals surface area contributed by atoms with Crippen LogP contribution in [0.25, 0.3) is 0 Å². The Bertz CT molecular complexity index is 124. The molecule has 0 aromatic rings. The molecule has 44 valence electrons. The van der Waals surface area contributed by atoms with E-state index in [-0.39, 0.29) is 0 Å². The normalized spacial score (nSPS) is 49.4. The van der Waals surface area contributed by atoms with E-state index in [1.807, 2.05) is 0 Å². The topological polar surface area (TPSA) is 0 Å². The van der Waals surface area contributed by atoms with Crippen molar-refractivity contribution in [3.8, 4) is 0 Å². The van der Waals surface area contributed by atoms with Gasteiger partial charge in [-0.15, -0.1) is 0 Å². The fourth-order valence-corrected chi connectivity index (χ4v) is 1.89. The van der Waals surface area contributed by atoms with E-state index in [2.05, 4.69) is 19.1 Å². The molecule has 2 aliphatic rings. The molecule has 8 heavy (non-hydrogen) atoms. The van der Waals surface area contributed by atoms with Crippen LogP contribution in [-0.2, 0) is 0 Å². The summed E-state index contributed by atoms with van der Waals surface area (Å²) in [6.07, 6.45) is 7.61. The molecule has 1 saturated carbocycles. The minimum atomic E-state index is 1.01. The van der Waals surface area contributed by atoms with E-state index in [0.717, 1.165) is 17.8 Å². The van der Waals surface area contributed by atoms with E-state index in [9.17, 15) is 0 Å². The van der Waals surface area contributed by atoms with Gasteiger partial charge in [-0.05, 0) is 24.2 Å². The molecule has 0 nitrogen and oxygen atoms in total. The Hall–Kier alpha value is -0.260. The smallest absolute Gasteiger partial charge is 0.0142 e. The van der Waals surface area contributed by atoms with Crippen molar-refractivity contribution in [2.75, 3.05) is 0 Å². The zero-order valence-corrected chi connectivity index (χ0v) is 5.30. The second kappa shape index (κ2) is 1.37. The van der Waals surface area contributed by atoms with Crippen molar-refractivity contribution in [2.45, 2.75) is 19.8 Å². The Labute approximate surface area is 50.6 Å². The summed E-state index contributed by atoms with van der Waals surface area (Å²) in [6, 6.07) is 0. The molecule has 0 heteroatoms. The highest BCUT2D eigenvalue weighted by Crippen LogP contribution is 2.49. The van der Waals surface area contributed by atoms with Crippen molar-refractivity contribution >= 4 is 0 Å². The summed E-state index contributed by atoms with van der Waals surface area (Å²) in [7, 11) is 0. The third-order valence-corrected chi connectivity index (χ3v) is 2.72. The maximum Gasteiger partial charge on any atom is -0.0142 e. The fourth-order valence-electron chi connectivity index (χ4n) is 1.89. The molecule has 3 unspecified atom stereocenters. The minimum absolute atomic E-state index is 1.01. The standard InChI is InChI=1S/C8H12/c1-2-6-5-7-3-4-8(6)7/h3-4,6-8H,2,5H2,1H3. The summed E-state index contributed by atoms with van der Waals surface area (Å²) in [6.45, 7) is 2.30. The van der Waals surface area contributed by atoms with E-state index in [1.54, 1.807) is 0 Å². The molecule has 2 aliphatic carbocycles. The van der Waals surface area contributed by atoms with Crippen molar-refractivity contribution in [1.29, 1.82) is 0 Å². The summed E-state index contributed by atoms with van der Waals surface area (Å²) >= 11 is 0. The first-order valence-electron chi connectivity index (χ1n) is 3.60. The Morgan fingerprint density at radius 1 is 1.50 bits per heavy atom. The molecular weight excluding hydrogens is 96.1 g/mol. The van der Waals surface area contributed by atoms with Gasteiger partial charge in [0.25, 0.3) is 0 Å². The molecule has 0 aliphatic heterocycles. The first-order chi connectivity index (χ1) is 3.92. The number of fused-ring (bicyclic) bond motifs is 1. The molecule has 0 spiro atoms. The van der Waals surface area contributed by atoms with Crippen LogP contribution in [0.3, 0.4) is 0 Å². The van der Waals surface area contributed by atoms with Crippen molar-refractivity contribution in [3.05, 3.63) is 12.2 Å². The lowest BCUT2D eigenvalue weighted by molar-refractivity contribution is 0.121. The van der Waals surface area contributed by atoms with Gasteiger partial charge in [0.2, 0.25) is 0 Å². The van der Waals surface area contributed by atoms with Crippen LogP contribution in [0.1, 0.15) is 19.8 Å². The van der Waals surface area contributed by atoms with E-state index in [4.69, 9.17) is 0 Å². The van der Waals surface area contributed by atoms with E-state index < -0.39 is 0 Å². The van der Waals surface area contributed by atoms with Gasteiger partial charge < -0.3 is 0 Å². The average molecular weight is 108 g/mol. The monoisotopic (exact) mass is 108 g/mol. The molecule has 0 amide bonds. The van der Waals surface area contributed by atoms with Gasteiger partial charge in [-0.1, -0.05) is 25.5 Å². The largest absolute Gasteiger partial charge is 0.0845 e. The van der Waals surface area contributed by atoms with Crippen LogP contribution < -0.4 is 0 Å². The van der Waals surface area contributed by atoms with Crippen molar-refractivity contribution in [3.63, 3.8) is 0 Å². The molecule has 0 heterocycles. The van der Waals surface area contributed by atoms with Crippen LogP contribution in [0.5, 0.6) is 0 Å². The van der Waals surface area contributed by atoms with Gasteiger partial charge in [-0.3, -0.25) is 0 Å². The van der Waals surface area contributed by atoms with Gasteiger partial charge in [-0.25, -0.2) is 0 Å². The molecule has 0 N–H and O–H groups in total. The third-order valence-electron chi connectivity index (χ3n) is 2.72. The molecule has 0 bridgehead atoms. The number of rotatable bonds is 1. The molecule has 0 saturated heterocycles. The van der Waals surface area contributed by atoms with Gasteiger partial charge in [-0.2, -0.15) is 0 Å². The first-order valence-corrected chi connectivity index (χ1v) is 3.60. The summed E-state index contributed by atoms with van der Waals surface area (Å²) < 4.78 is 0. The number of allylic oxidation sites excluding steroid dienone is 2. The second-order valence-corrected chi connectivity index (χ2v) is 3.03. The molecular formula is C8H12. The zero-order valence-electron chi connectivity index (χ0n) is 5.30. The Balaban J connectivity index is 1.99. The van der Waals surface area contributed by atoms with Gasteiger partial charge in [0.1, 0.15) is 0 Å². The SMILES string of the molecule is CCC1CC2C=CC21. The summed E-state index contributed by atoms with van der Waals surface area (Å²) in [5.41, 5.74) is 0. The Morgan fingerprint density at radius 3 is 2.50 bits per heavy atom. The maximum atomic E-state index is 2.38. The van der Waals surface area contributed by atoms with Gasteiger partial charge in [0.05, 0.1) is 0 Å². The first kappa shape index (κ1) is 4.60. The van der Waals surface area contributed by atoms with E-state index in [0.29, 0.717) is 0 Å². The Kier molecular flexibility index (Phi) is 0.787. The van der Waals surface area contributed by atoms with Gasteiger partial charge in [0, 0.05) is 0 Å². The predicted octanol–water partition coefficient (Wildman–Crippen LogP) is 2.22. The molecule has 2 rings (SSSR count). The average Bonchev–Trinajstić information content (AvgIpc) is 1.76. The van der Waals surface area contributed by atoms with Gasteiger partial charge >= 0.3 is 0 Å². The molecule has 0 aromatic carbocycles. The molecule has 0 aromatic heterocycles. The molecule has 3 atom stereocenters. The predicted molar refractivity (Wildman–Crippen MR) is 34.5 cm³/mol. The van der Waals surface area contributed by atoms with E-state index in [1.165, 1.54) is 12.8 Å². The second-order valence-electron chi connectivity index (χ2n) is 3.03. The highest BCUT2D eigenvalue weighted by atomic mass is 14.4. The van der Waals surface area contributed by atoms with Crippen LogP contribution in [0, 0.1) is 17.8 Å².